The predicted octanol–water partition coefficient (Wildman–Crippen LogP) is 5.99. The highest BCUT2D eigenvalue weighted by Gasteiger charge is 2.22. The van der Waals surface area contributed by atoms with E-state index < -0.39 is 0 Å². The molecule has 0 bridgehead atoms. The highest BCUT2D eigenvalue weighted by molar-refractivity contribution is 7.98. The van der Waals surface area contributed by atoms with Crippen LogP contribution in [0.25, 0.3) is 10.2 Å². The second kappa shape index (κ2) is 10.3. The van der Waals surface area contributed by atoms with Crippen LogP contribution in [0.5, 0.6) is 0 Å². The van der Waals surface area contributed by atoms with Crippen molar-refractivity contribution in [3.8, 4) is 0 Å². The first-order valence-electron chi connectivity index (χ1n) is 9.85. The Balaban J connectivity index is 0.00000272. The summed E-state index contributed by atoms with van der Waals surface area (Å²) in [5.74, 6) is -0.00929. The number of fused-ring (bicyclic) bond motifs is 1. The molecule has 4 aromatic rings. The molecule has 0 aliphatic rings. The lowest BCUT2D eigenvalue weighted by Gasteiger charge is -2.20. The van der Waals surface area contributed by atoms with Crippen molar-refractivity contribution < 1.29 is 4.79 Å². The number of aryl methyl sites for hydroxylation is 3. The zero-order valence-corrected chi connectivity index (χ0v) is 20.2. The summed E-state index contributed by atoms with van der Waals surface area (Å²) in [7, 11) is 0. The quantitative estimate of drug-likeness (QED) is 0.310. The Morgan fingerprint density at radius 1 is 1.23 bits per heavy atom. The minimum absolute atomic E-state index is 0. The van der Waals surface area contributed by atoms with E-state index in [0.29, 0.717) is 12.1 Å². The standard InChI is InChI=1S/C23H24N4OS2.ClH/c1-16-8-9-20-21(17(16)2)25-23(30-20)27(12-5-11-26-13-10-24-15-26)22(28)18-6-4-7-19(14-18)29-3;/h4,6-10,13-15H,5,11-12H2,1-3H3;1H. The molecule has 4 rings (SSSR count). The molecule has 0 radical (unpaired) electrons. The van der Waals surface area contributed by atoms with E-state index in [1.807, 2.05) is 46.2 Å². The van der Waals surface area contributed by atoms with Gasteiger partial charge in [0, 0.05) is 35.9 Å². The third-order valence-electron chi connectivity index (χ3n) is 5.22. The van der Waals surface area contributed by atoms with Crippen LogP contribution in [0.2, 0.25) is 0 Å². The number of carbonyl (C=O) groups excluding carboxylic acids is 1. The van der Waals surface area contributed by atoms with Gasteiger partial charge in [0.05, 0.1) is 16.5 Å². The Morgan fingerprint density at radius 3 is 2.81 bits per heavy atom. The summed E-state index contributed by atoms with van der Waals surface area (Å²) in [5, 5.41) is 0.754. The zero-order chi connectivity index (χ0) is 21.1. The molecule has 0 saturated heterocycles. The van der Waals surface area contributed by atoms with Gasteiger partial charge < -0.3 is 4.57 Å². The molecular weight excluding hydrogens is 448 g/mol. The first-order valence-corrected chi connectivity index (χ1v) is 11.9. The van der Waals surface area contributed by atoms with E-state index in [-0.39, 0.29) is 18.3 Å². The van der Waals surface area contributed by atoms with Gasteiger partial charge >= 0.3 is 0 Å². The second-order valence-corrected chi connectivity index (χ2v) is 9.08. The van der Waals surface area contributed by atoms with E-state index in [1.165, 1.54) is 11.1 Å². The minimum Gasteiger partial charge on any atom is -0.337 e. The van der Waals surface area contributed by atoms with Gasteiger partial charge in [0.2, 0.25) is 0 Å². The molecule has 31 heavy (non-hydrogen) atoms. The average molecular weight is 473 g/mol. The zero-order valence-electron chi connectivity index (χ0n) is 17.7. The van der Waals surface area contributed by atoms with Gasteiger partial charge in [-0.2, -0.15) is 0 Å². The van der Waals surface area contributed by atoms with Gasteiger partial charge in [0.1, 0.15) is 0 Å². The Bertz CT molecular complexity index is 1170. The number of benzene rings is 2. The number of imidazole rings is 1. The summed E-state index contributed by atoms with van der Waals surface area (Å²) in [6.45, 7) is 5.58. The molecule has 2 heterocycles. The maximum atomic E-state index is 13.5. The maximum absolute atomic E-state index is 13.5. The molecule has 2 aromatic heterocycles. The molecule has 8 heteroatoms. The van der Waals surface area contributed by atoms with E-state index in [2.05, 4.69) is 31.0 Å². The number of hydrogen-bond acceptors (Lipinski definition) is 5. The van der Waals surface area contributed by atoms with Gasteiger partial charge in [-0.05, 0) is 61.9 Å². The van der Waals surface area contributed by atoms with Crippen molar-refractivity contribution in [2.45, 2.75) is 31.7 Å². The monoisotopic (exact) mass is 472 g/mol. The van der Waals surface area contributed by atoms with Gasteiger partial charge in [-0.25, -0.2) is 9.97 Å². The number of amides is 1. The van der Waals surface area contributed by atoms with Crippen LogP contribution in [0.3, 0.4) is 0 Å². The fourth-order valence-electron chi connectivity index (χ4n) is 3.36. The van der Waals surface area contributed by atoms with Crippen LogP contribution in [0.1, 0.15) is 27.9 Å². The lowest BCUT2D eigenvalue weighted by atomic mass is 10.1. The van der Waals surface area contributed by atoms with Crippen LogP contribution in [0.4, 0.5) is 5.13 Å². The summed E-state index contributed by atoms with van der Waals surface area (Å²) in [5.41, 5.74) is 4.06. The fourth-order valence-corrected chi connectivity index (χ4v) is 4.87. The molecule has 2 aromatic carbocycles. The van der Waals surface area contributed by atoms with E-state index >= 15 is 0 Å². The van der Waals surface area contributed by atoms with Crippen molar-refractivity contribution in [1.82, 2.24) is 14.5 Å². The third kappa shape index (κ3) is 5.11. The van der Waals surface area contributed by atoms with Crippen LogP contribution >= 0.6 is 35.5 Å². The highest BCUT2D eigenvalue weighted by Crippen LogP contribution is 2.33. The van der Waals surface area contributed by atoms with Crippen LogP contribution in [0.15, 0.2) is 60.0 Å². The van der Waals surface area contributed by atoms with Gasteiger partial charge in [0.25, 0.3) is 5.91 Å². The summed E-state index contributed by atoms with van der Waals surface area (Å²) in [6, 6.07) is 12.0. The normalized spacial score (nSPS) is 10.8. The van der Waals surface area contributed by atoms with E-state index in [0.717, 1.165) is 33.2 Å². The lowest BCUT2D eigenvalue weighted by Crippen LogP contribution is -2.32. The maximum Gasteiger partial charge on any atom is 0.260 e. The first kappa shape index (κ1) is 23.3. The topological polar surface area (TPSA) is 51.0 Å². The molecule has 0 unspecified atom stereocenters. The first-order chi connectivity index (χ1) is 14.6. The largest absolute Gasteiger partial charge is 0.337 e. The molecule has 0 N–H and O–H groups in total. The number of halogens is 1. The third-order valence-corrected chi connectivity index (χ3v) is 6.99. The molecule has 0 aliphatic heterocycles. The van der Waals surface area contributed by atoms with Crippen LogP contribution in [0, 0.1) is 13.8 Å². The Labute approximate surface area is 196 Å². The molecule has 0 spiro atoms. The molecule has 162 valence electrons. The lowest BCUT2D eigenvalue weighted by molar-refractivity contribution is 0.0986. The van der Waals surface area contributed by atoms with Gasteiger partial charge in [-0.3, -0.25) is 9.69 Å². The van der Waals surface area contributed by atoms with E-state index in [9.17, 15) is 4.79 Å². The summed E-state index contributed by atoms with van der Waals surface area (Å²) in [6.07, 6.45) is 8.36. The average Bonchev–Trinajstić information content (AvgIpc) is 3.44. The van der Waals surface area contributed by atoms with Crippen LogP contribution < -0.4 is 4.90 Å². The van der Waals surface area contributed by atoms with Gasteiger partial charge in [0.15, 0.2) is 5.13 Å². The molecule has 0 fully saturated rings. The van der Waals surface area contributed by atoms with Crippen LogP contribution in [-0.2, 0) is 6.54 Å². The van der Waals surface area contributed by atoms with Crippen molar-refractivity contribution in [2.75, 3.05) is 17.7 Å². The summed E-state index contributed by atoms with van der Waals surface area (Å²) < 4.78 is 3.14. The summed E-state index contributed by atoms with van der Waals surface area (Å²) >= 11 is 3.22. The van der Waals surface area contributed by atoms with E-state index in [4.69, 9.17) is 4.98 Å². The number of thioether (sulfide) groups is 1. The number of hydrogen-bond donors (Lipinski definition) is 0. The fraction of sp³-hybridized carbons (Fsp3) is 0.261. The van der Waals surface area contributed by atoms with Crippen molar-refractivity contribution in [3.05, 3.63) is 71.8 Å². The number of carbonyl (C=O) groups is 1. The Morgan fingerprint density at radius 2 is 2.06 bits per heavy atom. The molecule has 5 nitrogen and oxygen atoms in total. The number of aromatic nitrogens is 3. The minimum atomic E-state index is -0.00929. The number of thiazole rings is 1. The Hall–Kier alpha value is -2.35. The second-order valence-electron chi connectivity index (χ2n) is 7.19. The number of nitrogens with zero attached hydrogens (tertiary/aromatic N) is 4. The number of anilines is 1. The van der Waals surface area contributed by atoms with E-state index in [1.54, 1.807) is 35.6 Å². The molecule has 0 atom stereocenters. The molecule has 1 amide bonds. The molecule has 0 aliphatic carbocycles. The highest BCUT2D eigenvalue weighted by atomic mass is 35.5. The van der Waals surface area contributed by atoms with Crippen molar-refractivity contribution in [2.24, 2.45) is 0 Å². The SMILES string of the molecule is CSc1cccc(C(=O)N(CCCn2ccnc2)c2nc3c(C)c(C)ccc3s2)c1.Cl. The molecular formula is C23H25ClN4OS2. The van der Waals surface area contributed by atoms with Crippen LogP contribution in [-0.4, -0.2) is 33.2 Å². The Kier molecular flexibility index (Phi) is 7.75. The predicted molar refractivity (Wildman–Crippen MR) is 133 cm³/mol. The van der Waals surface area contributed by atoms with Crippen molar-refractivity contribution in [3.63, 3.8) is 0 Å². The van der Waals surface area contributed by atoms with Crippen molar-refractivity contribution >= 4 is 56.8 Å². The van der Waals surface area contributed by atoms with Gasteiger partial charge in [-0.1, -0.05) is 23.5 Å². The number of rotatable bonds is 7. The van der Waals surface area contributed by atoms with Crippen molar-refractivity contribution in [1.29, 1.82) is 0 Å². The van der Waals surface area contributed by atoms with Gasteiger partial charge in [-0.15, -0.1) is 24.2 Å². The smallest absolute Gasteiger partial charge is 0.260 e. The summed E-state index contributed by atoms with van der Waals surface area (Å²) in [4.78, 5) is 25.4. The molecule has 0 saturated carbocycles.